The van der Waals surface area contributed by atoms with Crippen molar-refractivity contribution in [1.82, 2.24) is 19.7 Å². The summed E-state index contributed by atoms with van der Waals surface area (Å²) in [7, 11) is 0. The topological polar surface area (TPSA) is 102 Å². The first-order chi connectivity index (χ1) is 14.1. The van der Waals surface area contributed by atoms with E-state index in [0.29, 0.717) is 22.4 Å². The third-order valence-corrected chi connectivity index (χ3v) is 5.08. The molecule has 1 aliphatic rings. The third kappa shape index (κ3) is 3.94. The number of pyridine rings is 2. The number of aromatic nitrogens is 3. The molecule has 4 heterocycles. The Bertz CT molecular complexity index is 1070. The largest absolute Gasteiger partial charge is 0.469 e. The Morgan fingerprint density at radius 1 is 1.34 bits per heavy atom. The maximum atomic E-state index is 6.35. The molecule has 0 saturated carbocycles. The Morgan fingerprint density at radius 3 is 2.83 bits per heavy atom. The fraction of sp³-hybridized carbons (Fsp3) is 0.300. The molecule has 3 N–H and O–H groups in total. The van der Waals surface area contributed by atoms with Gasteiger partial charge in [-0.2, -0.15) is 5.10 Å². The van der Waals surface area contributed by atoms with Gasteiger partial charge in [0.2, 0.25) is 5.88 Å². The summed E-state index contributed by atoms with van der Waals surface area (Å²) in [6, 6.07) is 9.67. The number of ether oxygens (including phenoxy) is 1. The van der Waals surface area contributed by atoms with Crippen LogP contribution in [0.1, 0.15) is 31.2 Å². The van der Waals surface area contributed by atoms with E-state index in [9.17, 15) is 0 Å². The lowest BCUT2D eigenvalue weighted by atomic mass is 10.1. The van der Waals surface area contributed by atoms with Gasteiger partial charge in [-0.25, -0.2) is 4.98 Å². The normalized spacial score (nSPS) is 16.7. The van der Waals surface area contributed by atoms with Crippen molar-refractivity contribution in [3.63, 3.8) is 0 Å². The fourth-order valence-electron chi connectivity index (χ4n) is 3.20. The summed E-state index contributed by atoms with van der Waals surface area (Å²) in [4.78, 5) is 13.4. The van der Waals surface area contributed by atoms with E-state index in [-0.39, 0.29) is 12.1 Å². The van der Waals surface area contributed by atoms with E-state index in [1.807, 2.05) is 44.2 Å². The molecule has 1 atom stereocenters. The van der Waals surface area contributed by atoms with Crippen LogP contribution in [0, 0.1) is 0 Å². The average molecular weight is 412 g/mol. The van der Waals surface area contributed by atoms with Crippen molar-refractivity contribution in [2.75, 3.05) is 13.1 Å². The Balaban J connectivity index is 1.73. The molecule has 0 aromatic carbocycles. The number of halogens is 1. The maximum Gasteiger partial charge on any atom is 0.201 e. The van der Waals surface area contributed by atoms with Crippen LogP contribution >= 0.6 is 11.6 Å². The van der Waals surface area contributed by atoms with Crippen LogP contribution in [0.3, 0.4) is 0 Å². The van der Waals surface area contributed by atoms with Gasteiger partial charge in [0.1, 0.15) is 22.6 Å². The Hall–Kier alpha value is -2.97. The SMILES string of the molecule is CC(=NC1CNC1)/C(=N\N)c1cc(OC(C)c2ccccn2)n2c(Cl)cnc2c1. The number of imidazole rings is 1. The lowest BCUT2D eigenvalue weighted by molar-refractivity contribution is 0.210. The van der Waals surface area contributed by atoms with Crippen molar-refractivity contribution in [2.45, 2.75) is 26.0 Å². The highest BCUT2D eigenvalue weighted by molar-refractivity contribution is 6.47. The molecule has 3 aromatic rings. The van der Waals surface area contributed by atoms with Crippen LogP contribution in [0.25, 0.3) is 5.65 Å². The van der Waals surface area contributed by atoms with Gasteiger partial charge in [-0.15, -0.1) is 0 Å². The van der Waals surface area contributed by atoms with Crippen molar-refractivity contribution < 1.29 is 4.74 Å². The average Bonchev–Trinajstić information content (AvgIpc) is 3.07. The Kier molecular flexibility index (Phi) is 5.46. The minimum absolute atomic E-state index is 0.247. The maximum absolute atomic E-state index is 6.35. The molecule has 4 rings (SSSR count). The van der Waals surface area contributed by atoms with Crippen molar-refractivity contribution >= 4 is 28.7 Å². The number of hydrogen-bond donors (Lipinski definition) is 2. The fourth-order valence-corrected chi connectivity index (χ4v) is 3.42. The molecule has 1 unspecified atom stereocenters. The van der Waals surface area contributed by atoms with Crippen LogP contribution in [0.2, 0.25) is 5.15 Å². The van der Waals surface area contributed by atoms with Gasteiger partial charge in [-0.3, -0.25) is 14.4 Å². The van der Waals surface area contributed by atoms with Gasteiger partial charge in [0.05, 0.1) is 23.6 Å². The van der Waals surface area contributed by atoms with E-state index >= 15 is 0 Å². The second-order valence-corrected chi connectivity index (χ2v) is 7.26. The van der Waals surface area contributed by atoms with Crippen molar-refractivity contribution in [3.8, 4) is 5.88 Å². The zero-order valence-electron chi connectivity index (χ0n) is 16.2. The molecule has 29 heavy (non-hydrogen) atoms. The molecule has 3 aromatic heterocycles. The molecule has 0 amide bonds. The second kappa shape index (κ2) is 8.18. The van der Waals surface area contributed by atoms with Gasteiger partial charge in [0, 0.05) is 30.9 Å². The zero-order valence-corrected chi connectivity index (χ0v) is 17.0. The van der Waals surface area contributed by atoms with Gasteiger partial charge in [0.15, 0.2) is 0 Å². The summed E-state index contributed by atoms with van der Waals surface area (Å²) in [6.07, 6.45) is 3.03. The van der Waals surface area contributed by atoms with E-state index in [1.54, 1.807) is 16.8 Å². The van der Waals surface area contributed by atoms with Gasteiger partial charge in [-0.05, 0) is 32.0 Å². The second-order valence-electron chi connectivity index (χ2n) is 6.88. The molecular weight excluding hydrogens is 390 g/mol. The molecule has 0 aliphatic carbocycles. The number of rotatable bonds is 6. The first kappa shape index (κ1) is 19.4. The first-order valence-electron chi connectivity index (χ1n) is 9.35. The van der Waals surface area contributed by atoms with Crippen molar-refractivity contribution in [2.24, 2.45) is 15.9 Å². The summed E-state index contributed by atoms with van der Waals surface area (Å²) in [5.74, 6) is 6.25. The smallest absolute Gasteiger partial charge is 0.201 e. The molecule has 1 aliphatic heterocycles. The van der Waals surface area contributed by atoms with E-state index in [2.05, 4.69) is 20.4 Å². The summed E-state index contributed by atoms with van der Waals surface area (Å²) >= 11 is 6.35. The van der Waals surface area contributed by atoms with Gasteiger partial charge in [0.25, 0.3) is 0 Å². The Labute approximate surface area is 173 Å². The highest BCUT2D eigenvalue weighted by Gasteiger charge is 2.20. The number of hydrogen-bond acceptors (Lipinski definition) is 7. The molecule has 0 spiro atoms. The van der Waals surface area contributed by atoms with E-state index < -0.39 is 0 Å². The monoisotopic (exact) mass is 411 g/mol. The van der Waals surface area contributed by atoms with Crippen molar-refractivity contribution in [3.05, 3.63) is 59.1 Å². The van der Waals surface area contributed by atoms with Gasteiger partial charge < -0.3 is 15.9 Å². The van der Waals surface area contributed by atoms with E-state index in [4.69, 9.17) is 27.2 Å². The van der Waals surface area contributed by atoms with E-state index in [1.165, 1.54) is 0 Å². The van der Waals surface area contributed by atoms with Gasteiger partial charge in [-0.1, -0.05) is 17.7 Å². The summed E-state index contributed by atoms with van der Waals surface area (Å²) in [6.45, 7) is 5.56. The lowest BCUT2D eigenvalue weighted by Gasteiger charge is -2.24. The van der Waals surface area contributed by atoms with Crippen LogP contribution < -0.4 is 15.9 Å². The number of nitrogens with zero attached hydrogens (tertiary/aromatic N) is 5. The molecular formula is C20H22ClN7O. The number of fused-ring (bicyclic) bond motifs is 1. The highest BCUT2D eigenvalue weighted by Crippen LogP contribution is 2.27. The first-order valence-corrected chi connectivity index (χ1v) is 9.73. The number of hydrazone groups is 1. The molecule has 1 saturated heterocycles. The summed E-state index contributed by atoms with van der Waals surface area (Å²) in [5.41, 5.74) is 3.57. The molecule has 1 fully saturated rings. The number of nitrogens with two attached hydrogens (primary N) is 1. The summed E-state index contributed by atoms with van der Waals surface area (Å²) < 4.78 is 7.95. The number of aliphatic imine (C=N–C) groups is 1. The predicted molar refractivity (Wildman–Crippen MR) is 114 cm³/mol. The predicted octanol–water partition coefficient (Wildman–Crippen LogP) is 2.62. The summed E-state index contributed by atoms with van der Waals surface area (Å²) in [5, 5.41) is 7.64. The molecule has 0 radical (unpaired) electrons. The van der Waals surface area contributed by atoms with Crippen LogP contribution in [-0.2, 0) is 0 Å². The van der Waals surface area contributed by atoms with Crippen LogP contribution in [0.4, 0.5) is 0 Å². The van der Waals surface area contributed by atoms with Crippen LogP contribution in [0.5, 0.6) is 5.88 Å². The molecule has 0 bridgehead atoms. The number of nitrogens with one attached hydrogen (secondary N) is 1. The van der Waals surface area contributed by atoms with Crippen LogP contribution in [-0.4, -0.2) is 44.9 Å². The zero-order chi connectivity index (χ0) is 20.4. The molecule has 150 valence electrons. The quantitative estimate of drug-likeness (QED) is 0.369. The third-order valence-electron chi connectivity index (χ3n) is 4.81. The van der Waals surface area contributed by atoms with Crippen molar-refractivity contribution in [1.29, 1.82) is 0 Å². The molecule has 8 nitrogen and oxygen atoms in total. The van der Waals surface area contributed by atoms with E-state index in [0.717, 1.165) is 30.1 Å². The lowest BCUT2D eigenvalue weighted by Crippen LogP contribution is -2.46. The molecule has 9 heteroatoms. The highest BCUT2D eigenvalue weighted by atomic mass is 35.5. The minimum atomic E-state index is -0.290. The van der Waals surface area contributed by atoms with Crippen LogP contribution in [0.15, 0.2) is 52.8 Å². The standard InChI is InChI=1S/C20H22ClN7O/c1-12(26-15-9-23-10-15)20(27-22)14-7-18-25-11-17(21)28(18)19(8-14)29-13(2)16-5-3-4-6-24-16/h3-8,11,13,15,23H,9-10,22H2,1-2H3/b26-12?,27-20+. The van der Waals surface area contributed by atoms with Gasteiger partial charge >= 0.3 is 0 Å². The Morgan fingerprint density at radius 2 is 2.17 bits per heavy atom. The minimum Gasteiger partial charge on any atom is -0.469 e.